The van der Waals surface area contributed by atoms with E-state index >= 15 is 0 Å². The number of amides is 2. The van der Waals surface area contributed by atoms with Crippen molar-refractivity contribution < 1.29 is 28.2 Å². The third kappa shape index (κ3) is 6.58. The first kappa shape index (κ1) is 24.1. The fourth-order valence-corrected chi connectivity index (χ4v) is 2.33. The maximum Gasteiger partial charge on any atom is 0.306 e. The lowest BCUT2D eigenvalue weighted by Crippen LogP contribution is -2.27. The first-order valence-electron chi connectivity index (χ1n) is 8.41. The Morgan fingerprint density at radius 3 is 1.90 bits per heavy atom. The molecule has 30 heavy (non-hydrogen) atoms. The van der Waals surface area contributed by atoms with Crippen molar-refractivity contribution in [3.63, 3.8) is 0 Å². The summed E-state index contributed by atoms with van der Waals surface area (Å²) in [5.74, 6) is -2.45. The van der Waals surface area contributed by atoms with Crippen molar-refractivity contribution in [2.75, 3.05) is 16.8 Å². The number of carbonyl (C=O) groups is 2. The lowest BCUT2D eigenvalue weighted by molar-refractivity contribution is -0.387. The van der Waals surface area contributed by atoms with E-state index in [2.05, 4.69) is 5.32 Å². The van der Waals surface area contributed by atoms with Gasteiger partial charge in [0.05, 0.1) is 15.5 Å². The highest BCUT2D eigenvalue weighted by molar-refractivity contribution is 5.91. The van der Waals surface area contributed by atoms with Gasteiger partial charge in [-0.15, -0.1) is 0 Å². The minimum absolute atomic E-state index is 0.200. The molecule has 2 amide bonds. The van der Waals surface area contributed by atoms with Gasteiger partial charge >= 0.3 is 11.4 Å². The van der Waals surface area contributed by atoms with Crippen molar-refractivity contribution in [1.29, 1.82) is 0 Å². The number of hydrogen-bond donors (Lipinski definition) is 1. The predicted octanol–water partition coefficient (Wildman–Crippen LogP) is 3.80. The van der Waals surface area contributed by atoms with Crippen LogP contribution in [0.3, 0.4) is 0 Å². The molecule has 2 rings (SSSR count). The monoisotopic (exact) mass is 424 g/mol. The van der Waals surface area contributed by atoms with Crippen LogP contribution in [0.2, 0.25) is 0 Å². The number of hydrogen-bond acceptors (Lipinski definition) is 6. The maximum absolute atomic E-state index is 13.0. The van der Waals surface area contributed by atoms with Gasteiger partial charge in [-0.2, -0.15) is 8.78 Å². The fourth-order valence-electron chi connectivity index (χ4n) is 2.33. The molecule has 0 atom stereocenters. The Kier molecular flexibility index (Phi) is 8.47. The molecule has 0 aromatic heterocycles. The smallest absolute Gasteiger partial charge is 0.306 e. The van der Waals surface area contributed by atoms with E-state index in [0.29, 0.717) is 12.2 Å². The van der Waals surface area contributed by atoms with Gasteiger partial charge in [-0.1, -0.05) is 0 Å². The zero-order valence-corrected chi connectivity index (χ0v) is 16.2. The largest absolute Gasteiger partial charge is 0.326 e. The number of nitrogens with one attached hydrogen (secondary N) is 1. The molecule has 0 aliphatic heterocycles. The molecule has 0 unspecified atom stereocenters. The highest BCUT2D eigenvalue weighted by atomic mass is 19.1. The highest BCUT2D eigenvalue weighted by Gasteiger charge is 2.18. The second kappa shape index (κ2) is 10.5. The number of nitro benzene ring substituents is 2. The third-order valence-electron chi connectivity index (χ3n) is 3.60. The summed E-state index contributed by atoms with van der Waals surface area (Å²) in [5.41, 5.74) is -0.762. The van der Waals surface area contributed by atoms with Crippen molar-refractivity contribution in [3.8, 4) is 0 Å². The van der Waals surface area contributed by atoms with Crippen molar-refractivity contribution in [3.05, 3.63) is 68.3 Å². The van der Waals surface area contributed by atoms with Crippen molar-refractivity contribution >= 4 is 34.6 Å². The topological polar surface area (TPSA) is 136 Å². The summed E-state index contributed by atoms with van der Waals surface area (Å²) in [6, 6.07) is 6.54. The highest BCUT2D eigenvalue weighted by Crippen LogP contribution is 2.24. The number of carbonyl (C=O) groups excluding carboxylic acids is 2. The Morgan fingerprint density at radius 1 is 0.967 bits per heavy atom. The fraction of sp³-hybridized carbons (Fsp3) is 0.222. The first-order valence-corrected chi connectivity index (χ1v) is 8.41. The Balaban J connectivity index is 0.000000303. The van der Waals surface area contributed by atoms with Gasteiger partial charge in [0.1, 0.15) is 0 Å². The standard InChI is InChI=1S/C10H11FN2O3.C8H7FN2O3/c1-3-12(7(2)14)8-4-5-9(11)10(6-8)13(15)16;1-5(12)10-6-2-3-7(9)8(4-6)11(13)14/h4-6H,3H2,1-2H3;2-4H,1H3,(H,10,12). The van der Waals surface area contributed by atoms with Crippen LogP contribution in [0.5, 0.6) is 0 Å². The molecule has 0 aliphatic rings. The van der Waals surface area contributed by atoms with Crippen LogP contribution in [0.25, 0.3) is 0 Å². The maximum atomic E-state index is 13.0. The molecule has 0 spiro atoms. The second-order valence-electron chi connectivity index (χ2n) is 5.76. The van der Waals surface area contributed by atoms with Crippen molar-refractivity contribution in [1.82, 2.24) is 0 Å². The average Bonchev–Trinajstić information content (AvgIpc) is 2.64. The van der Waals surface area contributed by atoms with Crippen LogP contribution < -0.4 is 10.2 Å². The SMILES string of the molecule is CC(=O)Nc1ccc(F)c([N+](=O)[O-])c1.CCN(C(C)=O)c1ccc(F)c([N+](=O)[O-])c1. The van der Waals surface area contributed by atoms with Gasteiger partial charge in [0.15, 0.2) is 0 Å². The molecule has 0 radical (unpaired) electrons. The normalized spacial score (nSPS) is 9.77. The zero-order valence-electron chi connectivity index (χ0n) is 16.2. The molecule has 160 valence electrons. The van der Waals surface area contributed by atoms with Gasteiger partial charge < -0.3 is 10.2 Å². The first-order chi connectivity index (χ1) is 14.0. The number of nitrogens with zero attached hydrogens (tertiary/aromatic N) is 3. The Morgan fingerprint density at radius 2 is 1.47 bits per heavy atom. The van der Waals surface area contributed by atoms with Gasteiger partial charge in [0, 0.05) is 38.2 Å². The lowest BCUT2D eigenvalue weighted by Gasteiger charge is -2.18. The summed E-state index contributed by atoms with van der Waals surface area (Å²) in [6.07, 6.45) is 0. The van der Waals surface area contributed by atoms with Crippen molar-refractivity contribution in [2.24, 2.45) is 0 Å². The minimum atomic E-state index is -0.927. The molecule has 2 aromatic carbocycles. The van der Waals surface area contributed by atoms with Gasteiger partial charge in [-0.3, -0.25) is 29.8 Å². The summed E-state index contributed by atoms with van der Waals surface area (Å²) in [6.45, 7) is 4.71. The van der Waals surface area contributed by atoms with E-state index in [4.69, 9.17) is 0 Å². The van der Waals surface area contributed by atoms with E-state index in [1.54, 1.807) is 6.92 Å². The number of rotatable bonds is 5. The molecular formula is C18H18F2N4O6. The van der Waals surface area contributed by atoms with Gasteiger partial charge in [0.2, 0.25) is 23.4 Å². The molecule has 0 fully saturated rings. The van der Waals surface area contributed by atoms with E-state index in [-0.39, 0.29) is 17.5 Å². The molecule has 10 nitrogen and oxygen atoms in total. The summed E-state index contributed by atoms with van der Waals surface area (Å²) < 4.78 is 25.8. The second-order valence-corrected chi connectivity index (χ2v) is 5.76. The van der Waals surface area contributed by atoms with E-state index in [1.807, 2.05) is 0 Å². The van der Waals surface area contributed by atoms with Crippen LogP contribution >= 0.6 is 0 Å². The molecule has 0 heterocycles. The summed E-state index contributed by atoms with van der Waals surface area (Å²) in [5, 5.41) is 23.1. The molecule has 12 heteroatoms. The Bertz CT molecular complexity index is 983. The van der Waals surface area contributed by atoms with E-state index < -0.39 is 32.9 Å². The average molecular weight is 424 g/mol. The number of anilines is 2. The molecule has 0 bridgehead atoms. The quantitative estimate of drug-likeness (QED) is 0.573. The van der Waals surface area contributed by atoms with E-state index in [0.717, 1.165) is 24.3 Å². The van der Waals surface area contributed by atoms with Crippen molar-refractivity contribution in [2.45, 2.75) is 20.8 Å². The van der Waals surface area contributed by atoms with E-state index in [9.17, 15) is 38.6 Å². The molecule has 2 aromatic rings. The molecule has 1 N–H and O–H groups in total. The summed E-state index contributed by atoms with van der Waals surface area (Å²) in [4.78, 5) is 42.3. The van der Waals surface area contributed by atoms with Crippen LogP contribution in [-0.2, 0) is 9.59 Å². The van der Waals surface area contributed by atoms with Crippen LogP contribution in [0.15, 0.2) is 36.4 Å². The number of nitro groups is 2. The predicted molar refractivity (Wildman–Crippen MR) is 104 cm³/mol. The van der Waals surface area contributed by atoms with Gasteiger partial charge in [-0.25, -0.2) is 0 Å². The Labute approximate surface area is 169 Å². The van der Waals surface area contributed by atoms with Crippen LogP contribution in [0.1, 0.15) is 20.8 Å². The third-order valence-corrected chi connectivity index (χ3v) is 3.60. The van der Waals surface area contributed by atoms with Crippen LogP contribution in [-0.4, -0.2) is 28.2 Å². The van der Waals surface area contributed by atoms with Gasteiger partial charge in [0.25, 0.3) is 0 Å². The summed E-state index contributed by atoms with van der Waals surface area (Å²) >= 11 is 0. The minimum Gasteiger partial charge on any atom is -0.326 e. The van der Waals surface area contributed by atoms with Crippen LogP contribution in [0, 0.1) is 31.9 Å². The van der Waals surface area contributed by atoms with Crippen LogP contribution in [0.4, 0.5) is 31.5 Å². The van der Waals surface area contributed by atoms with Gasteiger partial charge in [-0.05, 0) is 31.2 Å². The summed E-state index contributed by atoms with van der Waals surface area (Å²) in [7, 11) is 0. The number of halogens is 2. The molecular weight excluding hydrogens is 406 g/mol. The molecule has 0 saturated carbocycles. The number of benzene rings is 2. The molecule has 0 aliphatic carbocycles. The zero-order chi connectivity index (χ0) is 23.0. The lowest BCUT2D eigenvalue weighted by atomic mass is 10.2. The Hall–Kier alpha value is -3.96. The van der Waals surface area contributed by atoms with E-state index in [1.165, 1.54) is 30.9 Å². The molecule has 0 saturated heterocycles.